The Morgan fingerprint density at radius 2 is 2.03 bits per heavy atom. The molecule has 14 heteroatoms. The predicted octanol–water partition coefficient (Wildman–Crippen LogP) is 0.863. The van der Waals surface area contributed by atoms with E-state index in [1.807, 2.05) is 0 Å². The highest BCUT2D eigenvalue weighted by Crippen LogP contribution is 2.34. The molecule has 9 nitrogen and oxygen atoms in total. The van der Waals surface area contributed by atoms with Gasteiger partial charge in [-0.2, -0.15) is 13.2 Å². The molecule has 1 aromatic heterocycles. The molecule has 0 unspecified atom stereocenters. The number of ether oxygens (including phenoxy) is 1. The van der Waals surface area contributed by atoms with Crippen LogP contribution < -0.4 is 5.73 Å². The number of piperidine rings is 1. The maximum Gasteiger partial charge on any atom is 0.433 e. The SMILES string of the molecule is COCCc1nc2c(c(C(F)(F)F)n1)CCN(C(=O)C[C@H](N)CN1C(=O)CCC(F)(F)[C@H]1O)C2. The van der Waals surface area contributed by atoms with Crippen molar-refractivity contribution in [2.24, 2.45) is 5.73 Å². The minimum atomic E-state index is -4.69. The molecule has 1 fully saturated rings. The summed E-state index contributed by atoms with van der Waals surface area (Å²) in [6, 6.07) is -1.06. The number of halogens is 5. The number of hydrogen-bond donors (Lipinski definition) is 2. The fraction of sp³-hybridized carbons (Fsp3) is 0.700. The minimum absolute atomic E-state index is 0.0360. The summed E-state index contributed by atoms with van der Waals surface area (Å²) in [5, 5.41) is 9.78. The third-order valence-corrected chi connectivity index (χ3v) is 5.80. The summed E-state index contributed by atoms with van der Waals surface area (Å²) in [7, 11) is 1.39. The molecular formula is C20H26F5N5O4. The number of nitrogens with zero attached hydrogens (tertiary/aromatic N) is 4. The minimum Gasteiger partial charge on any atom is -0.384 e. The lowest BCUT2D eigenvalue weighted by molar-refractivity contribution is -0.205. The van der Waals surface area contributed by atoms with E-state index in [-0.39, 0.29) is 56.0 Å². The predicted molar refractivity (Wildman–Crippen MR) is 106 cm³/mol. The van der Waals surface area contributed by atoms with E-state index in [9.17, 15) is 36.6 Å². The molecular weight excluding hydrogens is 469 g/mol. The number of hydrogen-bond acceptors (Lipinski definition) is 7. The topological polar surface area (TPSA) is 122 Å². The van der Waals surface area contributed by atoms with Gasteiger partial charge in [-0.05, 0) is 6.42 Å². The van der Waals surface area contributed by atoms with Gasteiger partial charge in [-0.3, -0.25) is 9.59 Å². The lowest BCUT2D eigenvalue weighted by atomic mass is 10.0. The summed E-state index contributed by atoms with van der Waals surface area (Å²) in [4.78, 5) is 34.3. The molecule has 0 spiro atoms. The third kappa shape index (κ3) is 5.78. The fourth-order valence-electron chi connectivity index (χ4n) is 4.02. The van der Waals surface area contributed by atoms with Gasteiger partial charge in [0.15, 0.2) is 11.9 Å². The van der Waals surface area contributed by atoms with Gasteiger partial charge in [-0.1, -0.05) is 0 Å². The highest BCUT2D eigenvalue weighted by molar-refractivity contribution is 5.79. The van der Waals surface area contributed by atoms with Crippen LogP contribution >= 0.6 is 0 Å². The van der Waals surface area contributed by atoms with Crippen molar-refractivity contribution in [3.8, 4) is 0 Å². The Labute approximate surface area is 192 Å². The first-order valence-corrected chi connectivity index (χ1v) is 10.7. The number of aliphatic hydroxyl groups excluding tert-OH is 1. The van der Waals surface area contributed by atoms with Crippen LogP contribution in [0.4, 0.5) is 22.0 Å². The molecule has 3 N–H and O–H groups in total. The number of nitrogens with two attached hydrogens (primary N) is 1. The molecule has 0 radical (unpaired) electrons. The van der Waals surface area contributed by atoms with Crippen LogP contribution in [0.1, 0.15) is 42.0 Å². The Balaban J connectivity index is 1.69. The van der Waals surface area contributed by atoms with Crippen LogP contribution in [0.3, 0.4) is 0 Å². The normalized spacial score (nSPS) is 21.4. The van der Waals surface area contributed by atoms with E-state index < -0.39 is 61.3 Å². The van der Waals surface area contributed by atoms with Crippen molar-refractivity contribution in [1.82, 2.24) is 19.8 Å². The molecule has 34 heavy (non-hydrogen) atoms. The average Bonchev–Trinajstić information content (AvgIpc) is 2.76. The number of amides is 2. The molecule has 190 valence electrons. The Kier molecular flexibility index (Phi) is 7.72. The van der Waals surface area contributed by atoms with Crippen LogP contribution in [-0.4, -0.2) is 81.7 Å². The molecule has 0 saturated carbocycles. The number of alkyl halides is 5. The Bertz CT molecular complexity index is 929. The summed E-state index contributed by atoms with van der Waals surface area (Å²) in [5.41, 5.74) is 4.85. The van der Waals surface area contributed by atoms with Gasteiger partial charge < -0.3 is 25.4 Å². The van der Waals surface area contributed by atoms with Crippen molar-refractivity contribution >= 4 is 11.8 Å². The second-order valence-corrected chi connectivity index (χ2v) is 8.36. The lowest BCUT2D eigenvalue weighted by Crippen LogP contribution is -2.58. The molecule has 2 amide bonds. The van der Waals surface area contributed by atoms with E-state index in [0.29, 0.717) is 4.90 Å². The Hall–Kier alpha value is -2.45. The van der Waals surface area contributed by atoms with E-state index in [1.165, 1.54) is 12.0 Å². The summed E-state index contributed by atoms with van der Waals surface area (Å²) in [6.07, 6.45) is -8.68. The van der Waals surface area contributed by atoms with Crippen molar-refractivity contribution in [2.75, 3.05) is 26.8 Å². The second-order valence-electron chi connectivity index (χ2n) is 8.36. The zero-order valence-electron chi connectivity index (χ0n) is 18.4. The molecule has 2 aliphatic rings. The number of methoxy groups -OCH3 is 1. The number of likely N-dealkylation sites (tertiary alicyclic amines) is 1. The maximum atomic E-state index is 13.7. The number of aliphatic hydroxyl groups is 1. The molecule has 2 aliphatic heterocycles. The van der Waals surface area contributed by atoms with E-state index in [0.717, 1.165) is 0 Å². The first kappa shape index (κ1) is 26.2. The number of fused-ring (bicyclic) bond motifs is 1. The largest absolute Gasteiger partial charge is 0.433 e. The number of carbonyl (C=O) groups is 2. The summed E-state index contributed by atoms with van der Waals surface area (Å²) in [6.45, 7) is -0.581. The molecule has 1 aromatic rings. The Morgan fingerprint density at radius 3 is 2.68 bits per heavy atom. The summed E-state index contributed by atoms with van der Waals surface area (Å²) < 4.78 is 72.9. The molecule has 0 bridgehead atoms. The molecule has 1 saturated heterocycles. The van der Waals surface area contributed by atoms with Crippen LogP contribution in [0.15, 0.2) is 0 Å². The quantitative estimate of drug-likeness (QED) is 0.538. The first-order valence-electron chi connectivity index (χ1n) is 10.7. The highest BCUT2D eigenvalue weighted by atomic mass is 19.4. The summed E-state index contributed by atoms with van der Waals surface area (Å²) in [5.74, 6) is -4.77. The van der Waals surface area contributed by atoms with Gasteiger partial charge in [0.05, 0.1) is 18.8 Å². The van der Waals surface area contributed by atoms with E-state index in [2.05, 4.69) is 9.97 Å². The summed E-state index contributed by atoms with van der Waals surface area (Å²) >= 11 is 0. The average molecular weight is 495 g/mol. The lowest BCUT2D eigenvalue weighted by Gasteiger charge is -2.38. The van der Waals surface area contributed by atoms with Crippen LogP contribution in [0.5, 0.6) is 0 Å². The number of aromatic nitrogens is 2. The van der Waals surface area contributed by atoms with Gasteiger partial charge in [0.25, 0.3) is 5.92 Å². The van der Waals surface area contributed by atoms with Crippen molar-refractivity contribution in [3.63, 3.8) is 0 Å². The van der Waals surface area contributed by atoms with E-state index >= 15 is 0 Å². The first-order chi connectivity index (χ1) is 15.8. The third-order valence-electron chi connectivity index (χ3n) is 5.80. The second kappa shape index (κ2) is 10.0. The zero-order valence-corrected chi connectivity index (χ0v) is 18.4. The highest BCUT2D eigenvalue weighted by Gasteiger charge is 2.48. The molecule has 0 aliphatic carbocycles. The molecule has 2 atom stereocenters. The van der Waals surface area contributed by atoms with Gasteiger partial charge in [-0.15, -0.1) is 0 Å². The van der Waals surface area contributed by atoms with Crippen molar-refractivity contribution in [3.05, 3.63) is 22.8 Å². The van der Waals surface area contributed by atoms with Crippen LogP contribution in [0.2, 0.25) is 0 Å². The van der Waals surface area contributed by atoms with Crippen molar-refractivity contribution in [1.29, 1.82) is 0 Å². The zero-order chi connectivity index (χ0) is 25.3. The van der Waals surface area contributed by atoms with E-state index in [1.54, 1.807) is 0 Å². The number of carbonyl (C=O) groups excluding carboxylic acids is 2. The molecule has 0 aromatic carbocycles. The maximum absolute atomic E-state index is 13.7. The van der Waals surface area contributed by atoms with E-state index in [4.69, 9.17) is 10.5 Å². The fourth-order valence-corrected chi connectivity index (χ4v) is 4.02. The van der Waals surface area contributed by atoms with Crippen molar-refractivity contribution < 1.29 is 41.4 Å². The number of rotatable bonds is 7. The van der Waals surface area contributed by atoms with Gasteiger partial charge in [-0.25, -0.2) is 18.7 Å². The monoisotopic (exact) mass is 495 g/mol. The smallest absolute Gasteiger partial charge is 0.384 e. The molecule has 3 heterocycles. The van der Waals surface area contributed by atoms with Crippen LogP contribution in [0.25, 0.3) is 0 Å². The van der Waals surface area contributed by atoms with Crippen LogP contribution in [0, 0.1) is 0 Å². The van der Waals surface area contributed by atoms with Gasteiger partial charge in [0.1, 0.15) is 5.82 Å². The Morgan fingerprint density at radius 1 is 1.32 bits per heavy atom. The van der Waals surface area contributed by atoms with Crippen molar-refractivity contribution in [2.45, 2.75) is 63.0 Å². The molecule has 3 rings (SSSR count). The van der Waals surface area contributed by atoms with Crippen LogP contribution in [-0.2, 0) is 39.9 Å². The van der Waals surface area contributed by atoms with Gasteiger partial charge in [0.2, 0.25) is 11.8 Å². The van der Waals surface area contributed by atoms with Gasteiger partial charge in [0, 0.05) is 57.5 Å². The standard InChI is InChI=1S/C20H26F5N5O4/c1-34-7-4-14-27-13-10-29(6-3-12(13)17(28-14)20(23,24)25)16(32)8-11(26)9-30-15(31)2-5-19(21,22)18(30)33/h11,18,33H,2-10,26H2,1H3/t11-,18+/m0/s1. The van der Waals surface area contributed by atoms with Gasteiger partial charge >= 0.3 is 6.18 Å².